The molecule has 202 valence electrons. The number of hydrogen-bond acceptors (Lipinski definition) is 7. The number of amides is 2. The average molecular weight is 535 g/mol. The molecular formula is C25H24F3N3O7. The van der Waals surface area contributed by atoms with Gasteiger partial charge in [0.25, 0.3) is 5.69 Å². The zero-order valence-corrected chi connectivity index (χ0v) is 19.9. The maximum atomic E-state index is 13.5. The first-order valence-corrected chi connectivity index (χ1v) is 11.8. The number of nitro groups is 1. The van der Waals surface area contributed by atoms with E-state index in [1.54, 1.807) is 0 Å². The predicted molar refractivity (Wildman–Crippen MR) is 125 cm³/mol. The van der Waals surface area contributed by atoms with Gasteiger partial charge in [-0.1, -0.05) is 24.3 Å². The summed E-state index contributed by atoms with van der Waals surface area (Å²) in [5, 5.41) is 33.3. The second-order valence-corrected chi connectivity index (χ2v) is 9.38. The second-order valence-electron chi connectivity index (χ2n) is 9.38. The number of hydrogen-bond donors (Lipinski definition) is 3. The molecule has 4 rings (SSSR count). The van der Waals surface area contributed by atoms with E-state index >= 15 is 0 Å². The van der Waals surface area contributed by atoms with Crippen LogP contribution in [0.5, 0.6) is 0 Å². The lowest BCUT2D eigenvalue weighted by Crippen LogP contribution is -2.57. The minimum absolute atomic E-state index is 0.00000713. The molecule has 0 saturated carbocycles. The van der Waals surface area contributed by atoms with Gasteiger partial charge in [-0.3, -0.25) is 34.7 Å². The van der Waals surface area contributed by atoms with Crippen LogP contribution in [0.4, 0.5) is 18.9 Å². The van der Waals surface area contributed by atoms with Crippen LogP contribution in [-0.4, -0.2) is 56.5 Å². The Morgan fingerprint density at radius 1 is 1.11 bits per heavy atom. The summed E-state index contributed by atoms with van der Waals surface area (Å²) in [6, 6.07) is 7.93. The van der Waals surface area contributed by atoms with Crippen LogP contribution in [-0.2, 0) is 27.0 Å². The predicted octanol–water partition coefficient (Wildman–Crippen LogP) is 2.70. The van der Waals surface area contributed by atoms with Crippen LogP contribution in [0.3, 0.4) is 0 Å². The normalized spacial score (nSPS) is 25.1. The molecule has 3 N–H and O–H groups in total. The molecule has 2 heterocycles. The number of carboxylic acid groups (broad SMARTS) is 1. The number of rotatable bonds is 9. The summed E-state index contributed by atoms with van der Waals surface area (Å²) in [6.07, 6.45) is -4.50. The lowest BCUT2D eigenvalue weighted by atomic mass is 9.76. The Morgan fingerprint density at radius 2 is 1.79 bits per heavy atom. The highest BCUT2D eigenvalue weighted by Crippen LogP contribution is 2.50. The van der Waals surface area contributed by atoms with Crippen molar-refractivity contribution in [2.75, 3.05) is 13.2 Å². The molecule has 2 fully saturated rings. The van der Waals surface area contributed by atoms with Crippen LogP contribution < -0.4 is 5.32 Å². The number of aliphatic hydroxyl groups excluding tert-OH is 1. The van der Waals surface area contributed by atoms with Crippen LogP contribution in [0.2, 0.25) is 0 Å². The Hall–Kier alpha value is -3.84. The lowest BCUT2D eigenvalue weighted by molar-refractivity contribution is -0.384. The second kappa shape index (κ2) is 10.1. The van der Waals surface area contributed by atoms with Crippen LogP contribution in [0.25, 0.3) is 0 Å². The van der Waals surface area contributed by atoms with E-state index in [0.29, 0.717) is 5.56 Å². The van der Waals surface area contributed by atoms with Crippen molar-refractivity contribution in [3.05, 3.63) is 75.3 Å². The van der Waals surface area contributed by atoms with E-state index in [1.807, 2.05) is 0 Å². The van der Waals surface area contributed by atoms with E-state index in [4.69, 9.17) is 5.11 Å². The molecule has 38 heavy (non-hydrogen) atoms. The fraction of sp³-hybridized carbons (Fsp3) is 0.400. The van der Waals surface area contributed by atoms with Crippen molar-refractivity contribution < 1.29 is 42.7 Å². The minimum Gasteiger partial charge on any atom is -0.480 e. The number of carbonyl (C=O) groups is 3. The van der Waals surface area contributed by atoms with E-state index < -0.39 is 57.9 Å². The zero-order valence-electron chi connectivity index (χ0n) is 19.9. The summed E-state index contributed by atoms with van der Waals surface area (Å²) in [5.41, 5.74) is -3.00. The Balaban J connectivity index is 1.80. The van der Waals surface area contributed by atoms with Gasteiger partial charge in [-0.2, -0.15) is 13.2 Å². The summed E-state index contributed by atoms with van der Waals surface area (Å²) in [7, 11) is 0. The van der Waals surface area contributed by atoms with Gasteiger partial charge in [0.2, 0.25) is 11.8 Å². The summed E-state index contributed by atoms with van der Waals surface area (Å²) < 4.78 is 40.3. The van der Waals surface area contributed by atoms with Crippen LogP contribution >= 0.6 is 0 Å². The van der Waals surface area contributed by atoms with Crippen molar-refractivity contribution in [3.8, 4) is 0 Å². The highest BCUT2D eigenvalue weighted by atomic mass is 19.4. The molecular weight excluding hydrogens is 511 g/mol. The van der Waals surface area contributed by atoms with Gasteiger partial charge in [0, 0.05) is 37.7 Å². The fourth-order valence-corrected chi connectivity index (χ4v) is 5.35. The van der Waals surface area contributed by atoms with E-state index in [-0.39, 0.29) is 43.7 Å². The quantitative estimate of drug-likeness (QED) is 0.192. The third-order valence-corrected chi connectivity index (χ3v) is 7.12. The van der Waals surface area contributed by atoms with Gasteiger partial charge in [-0.05, 0) is 36.1 Å². The van der Waals surface area contributed by atoms with Gasteiger partial charge in [-0.25, -0.2) is 0 Å². The number of carboxylic acids is 1. The topological polar surface area (TPSA) is 150 Å². The number of alkyl halides is 3. The third-order valence-electron chi connectivity index (χ3n) is 7.12. The maximum absolute atomic E-state index is 13.5. The number of aliphatic hydroxyl groups is 1. The van der Waals surface area contributed by atoms with Crippen LogP contribution in [0.15, 0.2) is 48.5 Å². The Kier molecular flexibility index (Phi) is 7.26. The van der Waals surface area contributed by atoms with E-state index in [9.17, 15) is 42.8 Å². The molecule has 4 unspecified atom stereocenters. The first-order chi connectivity index (χ1) is 17.9. The zero-order chi connectivity index (χ0) is 27.8. The van der Waals surface area contributed by atoms with Crippen LogP contribution in [0.1, 0.15) is 35.6 Å². The number of nitro benzene ring substituents is 1. The number of nitrogens with zero attached hydrogens (tertiary/aromatic N) is 2. The average Bonchev–Trinajstić information content (AvgIpc) is 3.34. The van der Waals surface area contributed by atoms with E-state index in [0.717, 1.165) is 23.1 Å². The summed E-state index contributed by atoms with van der Waals surface area (Å²) in [4.78, 5) is 51.1. The highest BCUT2D eigenvalue weighted by molar-refractivity contribution is 6.09. The largest absolute Gasteiger partial charge is 0.480 e. The van der Waals surface area contributed by atoms with Gasteiger partial charge in [0.05, 0.1) is 22.3 Å². The Labute approximate surface area is 214 Å². The van der Waals surface area contributed by atoms with Gasteiger partial charge in [-0.15, -0.1) is 0 Å². The number of likely N-dealkylation sites (tertiary alicyclic amines) is 1. The molecule has 2 saturated heterocycles. The smallest absolute Gasteiger partial charge is 0.416 e. The molecule has 13 heteroatoms. The number of non-ortho nitro benzene ring substituents is 1. The molecule has 0 spiro atoms. The van der Waals surface area contributed by atoms with Crippen molar-refractivity contribution in [2.24, 2.45) is 11.8 Å². The van der Waals surface area contributed by atoms with Crippen molar-refractivity contribution >= 4 is 23.5 Å². The summed E-state index contributed by atoms with van der Waals surface area (Å²) >= 11 is 0. The van der Waals surface area contributed by atoms with Crippen molar-refractivity contribution in [1.29, 1.82) is 0 Å². The first kappa shape index (κ1) is 27.2. The molecule has 4 atom stereocenters. The fourth-order valence-electron chi connectivity index (χ4n) is 5.35. The van der Waals surface area contributed by atoms with Gasteiger partial charge in [0.1, 0.15) is 5.54 Å². The molecule has 2 aliphatic heterocycles. The number of nitrogens with one attached hydrogen (secondary N) is 1. The summed E-state index contributed by atoms with van der Waals surface area (Å²) in [6.45, 7) is -0.259. The van der Waals surface area contributed by atoms with E-state index in [2.05, 4.69) is 5.32 Å². The standard InChI is InChI=1S/C25H24F3N3O7/c26-25(27,28)16-5-3-4-15(12-16)20-18-19(22(34)30(21(18)33)10-1-2-11-32)24(29-20,23(35)36)13-14-6-8-17(9-7-14)31(37)38/h3-9,12,18-20,29,32H,1-2,10-11,13H2,(H,35,36). The number of unbranched alkanes of at least 4 members (excludes halogenated alkanes) is 1. The van der Waals surface area contributed by atoms with Crippen LogP contribution in [0, 0.1) is 22.0 Å². The molecule has 10 nitrogen and oxygen atoms in total. The summed E-state index contributed by atoms with van der Waals surface area (Å²) in [5.74, 6) is -5.71. The minimum atomic E-state index is -4.69. The number of fused-ring (bicyclic) bond motifs is 1. The number of benzene rings is 2. The van der Waals surface area contributed by atoms with Gasteiger partial charge in [0.15, 0.2) is 0 Å². The first-order valence-electron chi connectivity index (χ1n) is 11.8. The molecule has 0 aliphatic carbocycles. The molecule has 0 bridgehead atoms. The van der Waals surface area contributed by atoms with Crippen molar-refractivity contribution in [1.82, 2.24) is 10.2 Å². The Morgan fingerprint density at radius 3 is 2.37 bits per heavy atom. The highest BCUT2D eigenvalue weighted by Gasteiger charge is 2.68. The molecule has 0 radical (unpaired) electrons. The van der Waals surface area contributed by atoms with Crippen molar-refractivity contribution in [3.63, 3.8) is 0 Å². The van der Waals surface area contributed by atoms with Gasteiger partial charge >= 0.3 is 12.1 Å². The number of halogens is 3. The number of imide groups is 1. The van der Waals surface area contributed by atoms with E-state index in [1.165, 1.54) is 30.3 Å². The molecule has 2 aromatic rings. The maximum Gasteiger partial charge on any atom is 0.416 e. The monoisotopic (exact) mass is 535 g/mol. The van der Waals surface area contributed by atoms with Crippen molar-refractivity contribution in [2.45, 2.75) is 37.0 Å². The molecule has 2 aliphatic rings. The lowest BCUT2D eigenvalue weighted by Gasteiger charge is -2.31. The van der Waals surface area contributed by atoms with Gasteiger partial charge < -0.3 is 10.2 Å². The third kappa shape index (κ3) is 4.74. The Bertz CT molecular complexity index is 1270. The molecule has 2 aromatic carbocycles. The SMILES string of the molecule is O=C1C2C(c3cccc(C(F)(F)F)c3)NC(Cc3ccc([N+](=O)[O-])cc3)(C(=O)O)C2C(=O)N1CCCCO. The number of carbonyl (C=O) groups excluding carboxylic acids is 2. The molecule has 2 amide bonds. The molecule has 0 aromatic heterocycles. The number of aliphatic carboxylic acids is 1.